The van der Waals surface area contributed by atoms with Crippen LogP contribution < -0.4 is 9.64 Å². The van der Waals surface area contributed by atoms with Crippen LogP contribution in [0.3, 0.4) is 0 Å². The molecule has 0 N–H and O–H groups in total. The Balaban J connectivity index is 1.95. The fourth-order valence-electron chi connectivity index (χ4n) is 2.51. The summed E-state index contributed by atoms with van der Waals surface area (Å²) in [5, 5.41) is 5.02. The first-order valence-corrected chi connectivity index (χ1v) is 9.28. The molecule has 2 aromatic heterocycles. The van der Waals surface area contributed by atoms with Gasteiger partial charge in [0, 0.05) is 25.8 Å². The number of aryl methyl sites for hydroxylation is 1. The number of likely N-dealkylation sites (N-methyl/N-ethyl adjacent to an activating group) is 1. The van der Waals surface area contributed by atoms with Gasteiger partial charge in [-0.05, 0) is 45.3 Å². The maximum Gasteiger partial charge on any atom is 0.280 e. The van der Waals surface area contributed by atoms with Crippen LogP contribution in [0.4, 0.5) is 5.13 Å². The molecule has 138 valence electrons. The third-order valence-corrected chi connectivity index (χ3v) is 5.06. The van der Waals surface area contributed by atoms with Gasteiger partial charge in [0.15, 0.2) is 10.8 Å². The van der Waals surface area contributed by atoms with Crippen LogP contribution in [0, 0.1) is 0 Å². The van der Waals surface area contributed by atoms with Crippen molar-refractivity contribution < 1.29 is 9.53 Å². The van der Waals surface area contributed by atoms with Crippen molar-refractivity contribution in [3.05, 3.63) is 36.2 Å². The van der Waals surface area contributed by atoms with Crippen LogP contribution in [-0.4, -0.2) is 59.9 Å². The molecular weight excluding hydrogens is 350 g/mol. The smallest absolute Gasteiger partial charge is 0.280 e. The number of methoxy groups -OCH3 is 1. The van der Waals surface area contributed by atoms with Crippen molar-refractivity contribution in [2.24, 2.45) is 0 Å². The number of amides is 1. The molecule has 2 heterocycles. The third kappa shape index (κ3) is 3.86. The van der Waals surface area contributed by atoms with E-state index in [9.17, 15) is 4.79 Å². The Morgan fingerprint density at radius 3 is 2.73 bits per heavy atom. The fourth-order valence-corrected chi connectivity index (χ4v) is 3.53. The van der Waals surface area contributed by atoms with Gasteiger partial charge in [-0.2, -0.15) is 5.10 Å². The lowest BCUT2D eigenvalue weighted by Gasteiger charge is -2.21. The van der Waals surface area contributed by atoms with Crippen LogP contribution in [0.5, 0.6) is 5.75 Å². The zero-order valence-electron chi connectivity index (χ0n) is 15.5. The predicted molar refractivity (Wildman–Crippen MR) is 104 cm³/mol. The number of fused-ring (bicyclic) bond motifs is 1. The van der Waals surface area contributed by atoms with Crippen LogP contribution in [0.2, 0.25) is 0 Å². The zero-order chi connectivity index (χ0) is 18.7. The highest BCUT2D eigenvalue weighted by Crippen LogP contribution is 2.32. The predicted octanol–water partition coefficient (Wildman–Crippen LogP) is 2.73. The molecule has 7 nitrogen and oxygen atoms in total. The molecule has 0 saturated carbocycles. The van der Waals surface area contributed by atoms with Gasteiger partial charge in [0.05, 0.1) is 17.3 Å². The molecule has 8 heteroatoms. The van der Waals surface area contributed by atoms with Crippen LogP contribution in [0.25, 0.3) is 10.2 Å². The van der Waals surface area contributed by atoms with Crippen molar-refractivity contribution >= 4 is 32.6 Å². The molecule has 0 atom stereocenters. The van der Waals surface area contributed by atoms with Crippen LogP contribution in [0.15, 0.2) is 30.5 Å². The molecule has 3 aromatic rings. The molecule has 0 radical (unpaired) electrons. The van der Waals surface area contributed by atoms with E-state index in [0.717, 1.165) is 29.1 Å². The van der Waals surface area contributed by atoms with E-state index in [1.165, 1.54) is 11.3 Å². The molecule has 26 heavy (non-hydrogen) atoms. The van der Waals surface area contributed by atoms with E-state index < -0.39 is 0 Å². The molecule has 0 fully saturated rings. The second-order valence-corrected chi connectivity index (χ2v) is 7.16. The van der Waals surface area contributed by atoms with Gasteiger partial charge in [-0.15, -0.1) is 0 Å². The molecule has 0 aliphatic carbocycles. The normalized spacial score (nSPS) is 11.3. The molecular formula is C18H23N5O2S. The van der Waals surface area contributed by atoms with Crippen LogP contribution >= 0.6 is 11.3 Å². The summed E-state index contributed by atoms with van der Waals surface area (Å²) >= 11 is 1.48. The highest BCUT2D eigenvalue weighted by atomic mass is 32.1. The summed E-state index contributed by atoms with van der Waals surface area (Å²) in [7, 11) is 5.61. The summed E-state index contributed by atoms with van der Waals surface area (Å²) in [6.45, 7) is 4.00. The fraction of sp³-hybridized carbons (Fsp3) is 0.389. The molecule has 0 aliphatic rings. The number of aromatic nitrogens is 3. The van der Waals surface area contributed by atoms with E-state index in [0.29, 0.717) is 17.4 Å². The first-order chi connectivity index (χ1) is 12.5. The van der Waals surface area contributed by atoms with E-state index >= 15 is 0 Å². The second-order valence-electron chi connectivity index (χ2n) is 6.15. The van der Waals surface area contributed by atoms with Crippen molar-refractivity contribution in [2.75, 3.05) is 39.2 Å². The van der Waals surface area contributed by atoms with E-state index in [4.69, 9.17) is 4.74 Å². The van der Waals surface area contributed by atoms with Crippen LogP contribution in [0.1, 0.15) is 17.4 Å². The first-order valence-electron chi connectivity index (χ1n) is 8.46. The van der Waals surface area contributed by atoms with Gasteiger partial charge >= 0.3 is 0 Å². The summed E-state index contributed by atoms with van der Waals surface area (Å²) in [4.78, 5) is 21.5. The second kappa shape index (κ2) is 7.84. The quantitative estimate of drug-likeness (QED) is 0.637. The first kappa shape index (κ1) is 18.3. The minimum atomic E-state index is -0.134. The van der Waals surface area contributed by atoms with Gasteiger partial charge in [0.2, 0.25) is 0 Å². The van der Waals surface area contributed by atoms with Gasteiger partial charge in [0.25, 0.3) is 5.91 Å². The minimum absolute atomic E-state index is 0.134. The maximum atomic E-state index is 13.1. The number of carbonyl (C=O) groups excluding carboxylic acids is 1. The molecule has 3 rings (SSSR count). The lowest BCUT2D eigenvalue weighted by Crippen LogP contribution is -2.37. The largest absolute Gasteiger partial charge is 0.497 e. The number of carbonyl (C=O) groups is 1. The number of rotatable bonds is 7. The van der Waals surface area contributed by atoms with Gasteiger partial charge in [0.1, 0.15) is 5.75 Å². The van der Waals surface area contributed by atoms with Crippen molar-refractivity contribution in [1.82, 2.24) is 19.7 Å². The standard InChI is InChI=1S/C18H23N5O2S/c1-5-22-9-8-15(20-22)17(24)23(11-10-21(2)3)18-19-14-7-6-13(25-4)12-16(14)26-18/h6-9,12H,5,10-11H2,1-4H3. The molecule has 0 bridgehead atoms. The highest BCUT2D eigenvalue weighted by molar-refractivity contribution is 7.22. The molecule has 0 aliphatic heterocycles. The molecule has 0 unspecified atom stereocenters. The summed E-state index contributed by atoms with van der Waals surface area (Å²) in [5.74, 6) is 0.644. The summed E-state index contributed by atoms with van der Waals surface area (Å²) in [6.07, 6.45) is 1.82. The summed E-state index contributed by atoms with van der Waals surface area (Å²) < 4.78 is 8.02. The van der Waals surface area contributed by atoms with E-state index in [1.54, 1.807) is 22.8 Å². The van der Waals surface area contributed by atoms with Gasteiger partial charge in [-0.25, -0.2) is 4.98 Å². The van der Waals surface area contributed by atoms with Gasteiger partial charge in [-0.1, -0.05) is 11.3 Å². The Labute approximate surface area is 156 Å². The lowest BCUT2D eigenvalue weighted by atomic mass is 10.3. The van der Waals surface area contributed by atoms with Crippen molar-refractivity contribution in [3.63, 3.8) is 0 Å². The summed E-state index contributed by atoms with van der Waals surface area (Å²) in [5.41, 5.74) is 1.29. The van der Waals surface area contributed by atoms with E-state index in [-0.39, 0.29) is 5.91 Å². The number of hydrogen-bond donors (Lipinski definition) is 0. The lowest BCUT2D eigenvalue weighted by molar-refractivity contribution is 0.0979. The average Bonchev–Trinajstić information content (AvgIpc) is 3.27. The number of nitrogens with zero attached hydrogens (tertiary/aromatic N) is 5. The number of benzene rings is 1. The molecule has 0 saturated heterocycles. The monoisotopic (exact) mass is 373 g/mol. The average molecular weight is 373 g/mol. The Kier molecular flexibility index (Phi) is 5.53. The Morgan fingerprint density at radius 1 is 1.27 bits per heavy atom. The number of anilines is 1. The Morgan fingerprint density at radius 2 is 2.08 bits per heavy atom. The van der Waals surface area contributed by atoms with E-state index in [1.807, 2.05) is 50.3 Å². The van der Waals surface area contributed by atoms with Gasteiger partial charge < -0.3 is 9.64 Å². The van der Waals surface area contributed by atoms with Gasteiger partial charge in [-0.3, -0.25) is 14.4 Å². The molecule has 1 aromatic carbocycles. The van der Waals surface area contributed by atoms with Crippen molar-refractivity contribution in [3.8, 4) is 5.75 Å². The zero-order valence-corrected chi connectivity index (χ0v) is 16.3. The minimum Gasteiger partial charge on any atom is -0.497 e. The Hall–Kier alpha value is -2.45. The molecule has 1 amide bonds. The SMILES string of the molecule is CCn1ccc(C(=O)N(CCN(C)C)c2nc3ccc(OC)cc3s2)n1. The third-order valence-electron chi connectivity index (χ3n) is 4.01. The summed E-state index contributed by atoms with van der Waals surface area (Å²) in [6, 6.07) is 7.48. The highest BCUT2D eigenvalue weighted by Gasteiger charge is 2.23. The number of ether oxygens (including phenoxy) is 1. The maximum absolute atomic E-state index is 13.1. The van der Waals surface area contributed by atoms with Crippen molar-refractivity contribution in [2.45, 2.75) is 13.5 Å². The van der Waals surface area contributed by atoms with Crippen LogP contribution in [-0.2, 0) is 6.54 Å². The van der Waals surface area contributed by atoms with E-state index in [2.05, 4.69) is 10.1 Å². The van der Waals surface area contributed by atoms with Crippen molar-refractivity contribution in [1.29, 1.82) is 0 Å². The topological polar surface area (TPSA) is 63.5 Å². The Bertz CT molecular complexity index is 902. The number of thiazole rings is 1. The molecule has 0 spiro atoms. The number of hydrogen-bond acceptors (Lipinski definition) is 6.